The molecule has 2 aromatic heterocycles. The fraction of sp³-hybridized carbons (Fsp3) is 0.350. The smallest absolute Gasteiger partial charge is 0.342 e. The summed E-state index contributed by atoms with van der Waals surface area (Å²) in [6, 6.07) is 29.7. The lowest BCUT2D eigenvalue weighted by Crippen LogP contribution is -2.60. The third-order valence-corrected chi connectivity index (χ3v) is 13.2. The second-order valence-electron chi connectivity index (χ2n) is 17.6. The Hall–Kier alpha value is -3.68. The van der Waals surface area contributed by atoms with Gasteiger partial charge in [-0.15, -0.1) is 0 Å². The maximum Gasteiger partial charge on any atom is 0.342 e. The number of hydrogen-bond donors (Lipinski definition) is 0. The fourth-order valence-electron chi connectivity index (χ4n) is 6.94. The second kappa shape index (κ2) is 10.4. The van der Waals surface area contributed by atoms with E-state index in [2.05, 4.69) is 169 Å². The molecule has 0 atom stereocenters. The zero-order chi connectivity index (χ0) is 33.8. The summed E-state index contributed by atoms with van der Waals surface area (Å²) in [7, 11) is -3.57. The summed E-state index contributed by atoms with van der Waals surface area (Å²) in [6.07, 6.45) is 0. The molecule has 0 N–H and O–H groups in total. The van der Waals surface area contributed by atoms with E-state index >= 15 is 0 Å². The Kier molecular flexibility index (Phi) is 7.06. The van der Waals surface area contributed by atoms with E-state index in [1.54, 1.807) is 0 Å². The average Bonchev–Trinajstić information content (AvgIpc) is 3.62. The van der Waals surface area contributed by atoms with Crippen molar-refractivity contribution in [3.63, 3.8) is 0 Å². The van der Waals surface area contributed by atoms with E-state index in [9.17, 15) is 0 Å². The highest BCUT2D eigenvalue weighted by molar-refractivity contribution is 6.99. The van der Waals surface area contributed by atoms with Crippen LogP contribution >= 0.6 is 0 Å². The molecule has 0 spiro atoms. The summed E-state index contributed by atoms with van der Waals surface area (Å²) in [6.45, 7) is 27.7. The number of nitrogens with zero attached hydrogens (tertiary/aromatic N) is 2. The largest absolute Gasteiger partial charge is 0.478 e. The van der Waals surface area contributed by atoms with Gasteiger partial charge in [0.15, 0.2) is 0 Å². The third kappa shape index (κ3) is 5.26. The molecule has 7 rings (SSSR count). The molecule has 5 aromatic rings. The molecule has 0 aliphatic carbocycles. The van der Waals surface area contributed by atoms with Gasteiger partial charge in [-0.3, -0.25) is 0 Å². The first-order chi connectivity index (χ1) is 21.8. The number of rotatable bonds is 4. The Labute approximate surface area is 283 Å². The molecule has 0 saturated carbocycles. The molecule has 0 unspecified atom stereocenters. The van der Waals surface area contributed by atoms with Crippen LogP contribution in [-0.4, -0.2) is 22.9 Å². The Balaban J connectivity index is 1.51. The topological polar surface area (TPSA) is 32.8 Å². The van der Waals surface area contributed by atoms with E-state index in [1.165, 1.54) is 28.0 Å². The minimum Gasteiger partial charge on any atom is -0.478 e. The predicted molar refractivity (Wildman–Crippen MR) is 208 cm³/mol. The van der Waals surface area contributed by atoms with Gasteiger partial charge in [-0.05, 0) is 76.0 Å². The number of furan rings is 2. The molecule has 7 heteroatoms. The van der Waals surface area contributed by atoms with Crippen molar-refractivity contribution in [2.24, 2.45) is 0 Å². The highest BCUT2D eigenvalue weighted by Gasteiger charge is 2.49. The normalized spacial score (nSPS) is 14.7. The molecule has 0 bridgehead atoms. The minimum absolute atomic E-state index is 0.0794. The van der Waals surface area contributed by atoms with Crippen molar-refractivity contribution < 1.29 is 8.83 Å². The van der Waals surface area contributed by atoms with E-state index in [0.29, 0.717) is 0 Å². The quantitative estimate of drug-likeness (QED) is 0.178. The first-order valence-electron chi connectivity index (χ1n) is 17.1. The zero-order valence-corrected chi connectivity index (χ0v) is 32.3. The molecular weight excluding hydrogens is 607 g/mol. The number of fused-ring (bicyclic) bond motifs is 4. The molecule has 0 saturated heterocycles. The van der Waals surface area contributed by atoms with E-state index in [1.807, 2.05) is 0 Å². The first-order valence-corrected chi connectivity index (χ1v) is 24.1. The van der Waals surface area contributed by atoms with Crippen molar-refractivity contribution in [1.29, 1.82) is 0 Å². The Morgan fingerprint density at radius 3 is 1.19 bits per heavy atom. The summed E-state index contributed by atoms with van der Waals surface area (Å²) >= 11 is 0. The summed E-state index contributed by atoms with van der Waals surface area (Å²) < 4.78 is 14.1. The molecule has 0 radical (unpaired) electrons. The number of benzene rings is 3. The minimum atomic E-state index is -1.79. The van der Waals surface area contributed by atoms with Gasteiger partial charge in [-0.2, -0.15) is 0 Å². The Morgan fingerprint density at radius 2 is 0.872 bits per heavy atom. The maximum atomic E-state index is 7.05. The van der Waals surface area contributed by atoms with E-state index in [-0.39, 0.29) is 17.5 Å². The average molecular weight is 657 g/mol. The lowest BCUT2D eigenvalue weighted by Gasteiger charge is -2.40. The summed E-state index contributed by atoms with van der Waals surface area (Å²) in [5.41, 5.74) is 12.9. The van der Waals surface area contributed by atoms with Crippen molar-refractivity contribution in [2.75, 3.05) is 9.80 Å². The van der Waals surface area contributed by atoms with E-state index < -0.39 is 16.1 Å². The van der Waals surface area contributed by atoms with E-state index in [4.69, 9.17) is 8.83 Å². The zero-order valence-electron chi connectivity index (χ0n) is 30.3. The van der Waals surface area contributed by atoms with Gasteiger partial charge in [0.05, 0.1) is 22.1 Å². The Morgan fingerprint density at radius 1 is 0.511 bits per heavy atom. The molecular formula is C40H49BN2O2Si2. The lowest BCUT2D eigenvalue weighted by molar-refractivity contribution is 0.590. The molecule has 2 aliphatic rings. The van der Waals surface area contributed by atoms with E-state index in [0.717, 1.165) is 44.8 Å². The first kappa shape index (κ1) is 31.9. The van der Waals surface area contributed by atoms with Crippen molar-refractivity contribution in [3.05, 3.63) is 90.0 Å². The molecule has 47 heavy (non-hydrogen) atoms. The lowest BCUT2D eigenvalue weighted by atomic mass is 9.38. The monoisotopic (exact) mass is 656 g/mol. The molecule has 242 valence electrons. The second-order valence-corrected chi connectivity index (χ2v) is 27.6. The van der Waals surface area contributed by atoms with Gasteiger partial charge < -0.3 is 18.6 Å². The molecule has 0 amide bonds. The SMILES string of the molecule is CC(C)(C)c1ccc(N2c3cc([Si](C)(C)C)oc3B3c4oc([Si](C)(C)C)cc4N(c4ccc(C(C)(C)C)cc4)c4cccc2c43)cc1. The van der Waals surface area contributed by atoms with Crippen LogP contribution < -0.4 is 37.3 Å². The van der Waals surface area contributed by atoms with Gasteiger partial charge in [0, 0.05) is 22.7 Å². The van der Waals surface area contributed by atoms with Crippen LogP contribution in [0.5, 0.6) is 0 Å². The van der Waals surface area contributed by atoms with Crippen molar-refractivity contribution in [3.8, 4) is 0 Å². The summed E-state index contributed by atoms with van der Waals surface area (Å²) in [4.78, 5) is 4.86. The van der Waals surface area contributed by atoms with Crippen LogP contribution in [0.2, 0.25) is 39.3 Å². The highest BCUT2D eigenvalue weighted by Crippen LogP contribution is 2.44. The standard InChI is InChI=1S/C40H49BN2O2Si2/c1-39(2,3)26-16-20-28(21-17-26)42-30-14-13-15-31-36(30)41(37-32(42)24-34(44-37)46(7,8)9)38-33(25-35(45-38)47(10,11)12)43(31)29-22-18-27(19-23-29)40(4,5)6/h13-25H,1-12H3. The van der Waals surface area contributed by atoms with Gasteiger partial charge in [0.1, 0.15) is 27.5 Å². The summed E-state index contributed by atoms with van der Waals surface area (Å²) in [5, 5.41) is 2.23. The molecule has 0 fully saturated rings. The van der Waals surface area contributed by atoms with Crippen LogP contribution in [0.4, 0.5) is 34.1 Å². The van der Waals surface area contributed by atoms with Crippen LogP contribution in [0, 0.1) is 0 Å². The predicted octanol–water partition coefficient (Wildman–Crippen LogP) is 8.64. The van der Waals surface area contributed by atoms with Crippen LogP contribution in [0.25, 0.3) is 0 Å². The van der Waals surface area contributed by atoms with Crippen LogP contribution in [-0.2, 0) is 10.8 Å². The van der Waals surface area contributed by atoms with Gasteiger partial charge >= 0.3 is 6.71 Å². The maximum absolute atomic E-state index is 7.05. The molecule has 2 aliphatic heterocycles. The van der Waals surface area contributed by atoms with Gasteiger partial charge in [-0.1, -0.05) is 111 Å². The van der Waals surface area contributed by atoms with Gasteiger partial charge in [0.25, 0.3) is 0 Å². The van der Waals surface area contributed by atoms with Crippen molar-refractivity contribution >= 4 is 84.5 Å². The van der Waals surface area contributed by atoms with Crippen LogP contribution in [0.1, 0.15) is 52.7 Å². The Bertz CT molecular complexity index is 1840. The number of anilines is 6. The fourth-order valence-corrected chi connectivity index (χ4v) is 8.91. The van der Waals surface area contributed by atoms with Crippen LogP contribution in [0.3, 0.4) is 0 Å². The molecule has 3 aromatic carbocycles. The van der Waals surface area contributed by atoms with Gasteiger partial charge in [-0.25, -0.2) is 0 Å². The summed E-state index contributed by atoms with van der Waals surface area (Å²) in [5.74, 6) is 0. The van der Waals surface area contributed by atoms with Gasteiger partial charge in [0.2, 0.25) is 0 Å². The molecule has 4 heterocycles. The number of hydrogen-bond acceptors (Lipinski definition) is 4. The van der Waals surface area contributed by atoms with Crippen molar-refractivity contribution in [2.45, 2.75) is 91.7 Å². The molecule has 4 nitrogen and oxygen atoms in total. The highest BCUT2D eigenvalue weighted by atomic mass is 28.3. The van der Waals surface area contributed by atoms with Crippen molar-refractivity contribution in [1.82, 2.24) is 0 Å². The third-order valence-electron chi connectivity index (χ3n) is 9.78. The van der Waals surface area contributed by atoms with Crippen LogP contribution in [0.15, 0.2) is 87.7 Å².